The summed E-state index contributed by atoms with van der Waals surface area (Å²) in [7, 11) is 0. The minimum Gasteiger partial charge on any atom is -0.454 e. The number of nitrogens with zero attached hydrogens (tertiary/aromatic N) is 2. The van der Waals surface area contributed by atoms with E-state index in [0.29, 0.717) is 5.92 Å². The minimum atomic E-state index is -4.47. The lowest BCUT2D eigenvalue weighted by Gasteiger charge is -2.15. The Morgan fingerprint density at radius 1 is 1.50 bits per heavy atom. The monoisotopic (exact) mass is 316 g/mol. The quantitative estimate of drug-likeness (QED) is 0.895. The fourth-order valence-electron chi connectivity index (χ4n) is 2.94. The minimum absolute atomic E-state index is 0.0905. The van der Waals surface area contributed by atoms with Crippen molar-refractivity contribution in [1.82, 2.24) is 15.3 Å². The molecular formula is C13H15F3N4O2. The topological polar surface area (TPSA) is 76.1 Å². The summed E-state index contributed by atoms with van der Waals surface area (Å²) < 4.78 is 40.6. The Labute approximate surface area is 124 Å². The lowest BCUT2D eigenvalue weighted by atomic mass is 10.2. The van der Waals surface area contributed by atoms with Crippen LogP contribution in [-0.2, 0) is 0 Å². The summed E-state index contributed by atoms with van der Waals surface area (Å²) in [5, 5.41) is 5.42. The van der Waals surface area contributed by atoms with E-state index >= 15 is 0 Å². The molecule has 0 radical (unpaired) electrons. The number of amides is 2. The van der Waals surface area contributed by atoms with E-state index < -0.39 is 24.8 Å². The third-order valence-electron chi connectivity index (χ3n) is 4.01. The molecule has 120 valence electrons. The first-order valence-electron chi connectivity index (χ1n) is 6.98. The standard InChI is InChI=1S/C13H15F3N4O2/c14-13(15,16)7-22-11-17-5-3-9(19-11)18-10(21)20-12-4-1-2-8(12)6-12/h3,5,8H,1-2,4,6-7H2,(H2,17,18,19,20,21)/t8-,12-/m1/s1. The van der Waals surface area contributed by atoms with E-state index in [4.69, 9.17) is 0 Å². The zero-order valence-corrected chi connectivity index (χ0v) is 11.6. The molecule has 6 nitrogen and oxygen atoms in total. The van der Waals surface area contributed by atoms with E-state index in [0.717, 1.165) is 25.7 Å². The lowest BCUT2D eigenvalue weighted by Crippen LogP contribution is -2.40. The van der Waals surface area contributed by atoms with Crippen molar-refractivity contribution in [2.45, 2.75) is 37.4 Å². The number of alkyl halides is 3. The summed E-state index contributed by atoms with van der Waals surface area (Å²) in [5.41, 5.74) is -0.0905. The first-order valence-corrected chi connectivity index (χ1v) is 6.98. The normalized spacial score (nSPS) is 26.2. The summed E-state index contributed by atoms with van der Waals surface area (Å²) in [6.07, 6.45) is 0.949. The number of carbonyl (C=O) groups excluding carboxylic acids is 1. The molecule has 1 aromatic heterocycles. The first kappa shape index (κ1) is 14.9. The predicted octanol–water partition coefficient (Wildman–Crippen LogP) is 2.48. The van der Waals surface area contributed by atoms with Crippen LogP contribution in [0, 0.1) is 5.92 Å². The Morgan fingerprint density at radius 2 is 2.32 bits per heavy atom. The molecule has 0 bridgehead atoms. The first-order chi connectivity index (χ1) is 10.4. The lowest BCUT2D eigenvalue weighted by molar-refractivity contribution is -0.154. The highest BCUT2D eigenvalue weighted by Crippen LogP contribution is 2.55. The van der Waals surface area contributed by atoms with Crippen LogP contribution in [0.2, 0.25) is 0 Å². The van der Waals surface area contributed by atoms with Gasteiger partial charge < -0.3 is 10.1 Å². The Morgan fingerprint density at radius 3 is 2.95 bits per heavy atom. The Balaban J connectivity index is 1.55. The van der Waals surface area contributed by atoms with Gasteiger partial charge in [0.25, 0.3) is 0 Å². The van der Waals surface area contributed by atoms with Crippen LogP contribution in [-0.4, -0.2) is 34.3 Å². The fraction of sp³-hybridized carbons (Fsp3) is 0.615. The second-order valence-electron chi connectivity index (χ2n) is 5.66. The van der Waals surface area contributed by atoms with Crippen molar-refractivity contribution in [3.8, 4) is 6.01 Å². The third-order valence-corrected chi connectivity index (χ3v) is 4.01. The van der Waals surface area contributed by atoms with Crippen LogP contribution in [0.15, 0.2) is 12.3 Å². The maximum absolute atomic E-state index is 12.1. The van der Waals surface area contributed by atoms with Gasteiger partial charge in [0.15, 0.2) is 6.61 Å². The van der Waals surface area contributed by atoms with E-state index in [1.54, 1.807) is 0 Å². The van der Waals surface area contributed by atoms with Gasteiger partial charge >= 0.3 is 18.2 Å². The van der Waals surface area contributed by atoms with Crippen LogP contribution in [0.5, 0.6) is 6.01 Å². The highest BCUT2D eigenvalue weighted by molar-refractivity contribution is 5.89. The predicted molar refractivity (Wildman–Crippen MR) is 70.4 cm³/mol. The molecule has 2 amide bonds. The van der Waals surface area contributed by atoms with Crippen LogP contribution in [0.25, 0.3) is 0 Å². The van der Waals surface area contributed by atoms with Crippen molar-refractivity contribution in [3.05, 3.63) is 12.3 Å². The molecule has 1 aromatic rings. The number of urea groups is 1. The molecule has 0 saturated heterocycles. The summed E-state index contributed by atoms with van der Waals surface area (Å²) in [5.74, 6) is 0.644. The average Bonchev–Trinajstić information content (AvgIpc) is 2.96. The summed E-state index contributed by atoms with van der Waals surface area (Å²) >= 11 is 0. The van der Waals surface area contributed by atoms with Crippen LogP contribution >= 0.6 is 0 Å². The van der Waals surface area contributed by atoms with E-state index in [9.17, 15) is 18.0 Å². The highest BCUT2D eigenvalue weighted by atomic mass is 19.4. The molecular weight excluding hydrogens is 301 g/mol. The van der Waals surface area contributed by atoms with E-state index in [1.165, 1.54) is 12.3 Å². The fourth-order valence-corrected chi connectivity index (χ4v) is 2.94. The zero-order chi connectivity index (χ0) is 15.8. The van der Waals surface area contributed by atoms with Gasteiger partial charge in [-0.3, -0.25) is 5.32 Å². The van der Waals surface area contributed by atoms with Gasteiger partial charge in [-0.05, 0) is 31.2 Å². The number of rotatable bonds is 4. The number of ether oxygens (including phenoxy) is 1. The molecule has 0 aliphatic heterocycles. The second-order valence-corrected chi connectivity index (χ2v) is 5.66. The van der Waals surface area contributed by atoms with E-state index in [2.05, 4.69) is 25.3 Å². The molecule has 2 atom stereocenters. The molecule has 22 heavy (non-hydrogen) atoms. The number of hydrogen-bond donors (Lipinski definition) is 2. The van der Waals surface area contributed by atoms with Gasteiger partial charge in [0.05, 0.1) is 0 Å². The Kier molecular flexibility index (Phi) is 3.57. The van der Waals surface area contributed by atoms with Gasteiger partial charge in [-0.2, -0.15) is 18.2 Å². The number of carbonyl (C=O) groups is 1. The molecule has 2 fully saturated rings. The van der Waals surface area contributed by atoms with Gasteiger partial charge in [0.2, 0.25) is 0 Å². The van der Waals surface area contributed by atoms with Gasteiger partial charge in [-0.15, -0.1) is 0 Å². The largest absolute Gasteiger partial charge is 0.454 e. The van der Waals surface area contributed by atoms with Crippen molar-refractivity contribution < 1.29 is 22.7 Å². The molecule has 2 saturated carbocycles. The molecule has 2 aliphatic carbocycles. The number of aromatic nitrogens is 2. The van der Waals surface area contributed by atoms with Crippen molar-refractivity contribution >= 4 is 11.8 Å². The number of fused-ring (bicyclic) bond motifs is 1. The van der Waals surface area contributed by atoms with Gasteiger partial charge in [-0.1, -0.05) is 6.42 Å². The van der Waals surface area contributed by atoms with E-state index in [-0.39, 0.29) is 11.4 Å². The van der Waals surface area contributed by atoms with Crippen molar-refractivity contribution in [2.24, 2.45) is 5.92 Å². The summed E-state index contributed by atoms with van der Waals surface area (Å²) in [6, 6.07) is 0.541. The number of nitrogens with one attached hydrogen (secondary N) is 2. The van der Waals surface area contributed by atoms with Crippen molar-refractivity contribution in [3.63, 3.8) is 0 Å². The van der Waals surface area contributed by atoms with E-state index in [1.807, 2.05) is 0 Å². The smallest absolute Gasteiger partial charge is 0.422 e. The molecule has 0 spiro atoms. The molecule has 2 aliphatic rings. The van der Waals surface area contributed by atoms with Crippen LogP contribution in [0.4, 0.5) is 23.8 Å². The Hall–Kier alpha value is -2.06. The summed E-state index contributed by atoms with van der Waals surface area (Å²) in [6.45, 7) is -1.48. The maximum Gasteiger partial charge on any atom is 0.422 e. The van der Waals surface area contributed by atoms with Crippen LogP contribution < -0.4 is 15.4 Å². The van der Waals surface area contributed by atoms with Crippen molar-refractivity contribution in [1.29, 1.82) is 0 Å². The number of hydrogen-bond acceptors (Lipinski definition) is 4. The SMILES string of the molecule is O=C(Nc1ccnc(OCC(F)(F)F)n1)N[C@@]12CCC[C@@H]1C2. The maximum atomic E-state index is 12.1. The number of anilines is 1. The highest BCUT2D eigenvalue weighted by Gasteiger charge is 2.57. The molecule has 0 aromatic carbocycles. The second kappa shape index (κ2) is 5.29. The zero-order valence-electron chi connectivity index (χ0n) is 11.6. The molecule has 2 N–H and O–H groups in total. The van der Waals surface area contributed by atoms with Crippen LogP contribution in [0.1, 0.15) is 25.7 Å². The molecule has 0 unspecified atom stereocenters. The molecule has 9 heteroatoms. The average molecular weight is 316 g/mol. The van der Waals surface area contributed by atoms with Crippen molar-refractivity contribution in [2.75, 3.05) is 11.9 Å². The third kappa shape index (κ3) is 3.40. The molecule has 1 heterocycles. The van der Waals surface area contributed by atoms with Gasteiger partial charge in [0.1, 0.15) is 5.82 Å². The number of halogens is 3. The summed E-state index contributed by atoms with van der Waals surface area (Å²) in [4.78, 5) is 19.2. The Bertz CT molecular complexity index is 581. The van der Waals surface area contributed by atoms with Crippen LogP contribution in [0.3, 0.4) is 0 Å². The van der Waals surface area contributed by atoms with Gasteiger partial charge in [0, 0.05) is 11.7 Å². The molecule has 3 rings (SSSR count). The van der Waals surface area contributed by atoms with Gasteiger partial charge in [-0.25, -0.2) is 9.78 Å².